The van der Waals surface area contributed by atoms with Crippen LogP contribution in [0, 0.1) is 10.1 Å². The predicted octanol–water partition coefficient (Wildman–Crippen LogP) is 2.35. The van der Waals surface area contributed by atoms with Gasteiger partial charge in [-0.1, -0.05) is 0 Å². The summed E-state index contributed by atoms with van der Waals surface area (Å²) in [5.74, 6) is 2.20. The SMILES string of the molecule is CN(c1ccc([N+](=O)[O-])c(C=O)c1)C1CCSC1. The van der Waals surface area contributed by atoms with Gasteiger partial charge in [0, 0.05) is 30.6 Å². The van der Waals surface area contributed by atoms with Crippen LogP contribution in [0.15, 0.2) is 18.2 Å². The Hall–Kier alpha value is -1.56. The minimum atomic E-state index is -0.529. The van der Waals surface area contributed by atoms with Gasteiger partial charge in [-0.3, -0.25) is 14.9 Å². The number of hydrogen-bond donors (Lipinski definition) is 0. The van der Waals surface area contributed by atoms with Crippen molar-refractivity contribution in [3.8, 4) is 0 Å². The predicted molar refractivity (Wildman–Crippen MR) is 72.6 cm³/mol. The second-order valence-electron chi connectivity index (χ2n) is 4.25. The molecule has 1 fully saturated rings. The van der Waals surface area contributed by atoms with Crippen LogP contribution in [0.4, 0.5) is 11.4 Å². The van der Waals surface area contributed by atoms with Crippen LogP contribution in [0.2, 0.25) is 0 Å². The summed E-state index contributed by atoms with van der Waals surface area (Å²) in [6.45, 7) is 0. The Labute approximate surface area is 109 Å². The summed E-state index contributed by atoms with van der Waals surface area (Å²) in [5, 5.41) is 10.7. The Bertz CT molecular complexity index is 472. The Balaban J connectivity index is 2.28. The maximum absolute atomic E-state index is 10.9. The zero-order valence-electron chi connectivity index (χ0n) is 10.0. The molecule has 0 aromatic heterocycles. The van der Waals surface area contributed by atoms with Gasteiger partial charge in [-0.2, -0.15) is 11.8 Å². The molecule has 2 rings (SSSR count). The van der Waals surface area contributed by atoms with E-state index in [9.17, 15) is 14.9 Å². The first-order valence-corrected chi connectivity index (χ1v) is 6.83. The zero-order valence-corrected chi connectivity index (χ0v) is 10.9. The molecule has 1 unspecified atom stereocenters. The van der Waals surface area contributed by atoms with Crippen LogP contribution >= 0.6 is 11.8 Å². The Morgan fingerprint density at radius 2 is 2.33 bits per heavy atom. The van der Waals surface area contributed by atoms with Crippen LogP contribution in [0.1, 0.15) is 16.8 Å². The van der Waals surface area contributed by atoms with Crippen molar-refractivity contribution in [2.75, 3.05) is 23.5 Å². The van der Waals surface area contributed by atoms with Crippen molar-refractivity contribution in [3.05, 3.63) is 33.9 Å². The van der Waals surface area contributed by atoms with E-state index in [1.807, 2.05) is 18.8 Å². The van der Waals surface area contributed by atoms with Crippen molar-refractivity contribution in [2.24, 2.45) is 0 Å². The van der Waals surface area contributed by atoms with Gasteiger partial charge in [0.05, 0.1) is 10.5 Å². The third-order valence-electron chi connectivity index (χ3n) is 3.20. The molecule has 1 atom stereocenters. The van der Waals surface area contributed by atoms with Gasteiger partial charge in [-0.05, 0) is 24.3 Å². The maximum Gasteiger partial charge on any atom is 0.280 e. The van der Waals surface area contributed by atoms with Gasteiger partial charge in [0.2, 0.25) is 0 Å². The molecule has 18 heavy (non-hydrogen) atoms. The summed E-state index contributed by atoms with van der Waals surface area (Å²) in [5.41, 5.74) is 0.855. The van der Waals surface area contributed by atoms with E-state index in [-0.39, 0.29) is 11.3 Å². The number of carbonyl (C=O) groups is 1. The first-order chi connectivity index (χ1) is 8.63. The van der Waals surface area contributed by atoms with E-state index in [1.54, 1.807) is 12.1 Å². The number of hydrogen-bond acceptors (Lipinski definition) is 5. The van der Waals surface area contributed by atoms with Crippen LogP contribution in [-0.2, 0) is 0 Å². The second-order valence-corrected chi connectivity index (χ2v) is 5.40. The lowest BCUT2D eigenvalue weighted by atomic mass is 10.1. The summed E-state index contributed by atoms with van der Waals surface area (Å²) in [4.78, 5) is 23.2. The van der Waals surface area contributed by atoms with Crippen molar-refractivity contribution < 1.29 is 9.72 Å². The largest absolute Gasteiger partial charge is 0.371 e. The van der Waals surface area contributed by atoms with Crippen LogP contribution in [0.25, 0.3) is 0 Å². The van der Waals surface area contributed by atoms with E-state index in [0.29, 0.717) is 12.3 Å². The third-order valence-corrected chi connectivity index (χ3v) is 4.34. The van der Waals surface area contributed by atoms with E-state index in [0.717, 1.165) is 23.6 Å². The molecule has 5 nitrogen and oxygen atoms in total. The average Bonchev–Trinajstić information content (AvgIpc) is 2.90. The van der Waals surface area contributed by atoms with Gasteiger partial charge in [0.25, 0.3) is 5.69 Å². The molecule has 1 aliphatic heterocycles. The van der Waals surface area contributed by atoms with Crippen molar-refractivity contribution in [1.29, 1.82) is 0 Å². The molecular formula is C12H14N2O3S. The topological polar surface area (TPSA) is 63.4 Å². The molecule has 6 heteroatoms. The van der Waals surface area contributed by atoms with Gasteiger partial charge < -0.3 is 4.90 Å². The first kappa shape index (κ1) is 12.9. The fourth-order valence-electron chi connectivity index (χ4n) is 2.06. The second kappa shape index (κ2) is 5.39. The van der Waals surface area contributed by atoms with Crippen LogP contribution in [0.3, 0.4) is 0 Å². The highest BCUT2D eigenvalue weighted by Crippen LogP contribution is 2.28. The molecule has 1 aromatic carbocycles. The Morgan fingerprint density at radius 3 is 2.89 bits per heavy atom. The number of thioether (sulfide) groups is 1. The molecule has 0 bridgehead atoms. The number of rotatable bonds is 4. The quantitative estimate of drug-likeness (QED) is 0.475. The molecule has 1 aliphatic rings. The molecule has 0 aliphatic carbocycles. The molecule has 0 N–H and O–H groups in total. The molecule has 0 amide bonds. The summed E-state index contributed by atoms with van der Waals surface area (Å²) in [6, 6.07) is 5.14. The Morgan fingerprint density at radius 1 is 1.56 bits per heavy atom. The highest BCUT2D eigenvalue weighted by atomic mass is 32.2. The van der Waals surface area contributed by atoms with Crippen molar-refractivity contribution >= 4 is 29.4 Å². The molecule has 1 aromatic rings. The molecular weight excluding hydrogens is 252 g/mol. The third kappa shape index (κ3) is 2.48. The van der Waals surface area contributed by atoms with E-state index in [2.05, 4.69) is 4.90 Å². The highest BCUT2D eigenvalue weighted by Gasteiger charge is 2.22. The maximum atomic E-state index is 10.9. The first-order valence-electron chi connectivity index (χ1n) is 5.67. The van der Waals surface area contributed by atoms with Gasteiger partial charge in [0.15, 0.2) is 6.29 Å². The average molecular weight is 266 g/mol. The number of benzene rings is 1. The molecule has 1 saturated heterocycles. The van der Waals surface area contributed by atoms with E-state index < -0.39 is 4.92 Å². The number of nitro groups is 1. The fraction of sp³-hybridized carbons (Fsp3) is 0.417. The van der Waals surface area contributed by atoms with Gasteiger partial charge in [0.1, 0.15) is 0 Å². The molecule has 0 radical (unpaired) electrons. The minimum Gasteiger partial charge on any atom is -0.371 e. The summed E-state index contributed by atoms with van der Waals surface area (Å²) >= 11 is 1.90. The number of aldehydes is 1. The van der Waals surface area contributed by atoms with Crippen LogP contribution < -0.4 is 4.90 Å². The van der Waals surface area contributed by atoms with E-state index >= 15 is 0 Å². The minimum absolute atomic E-state index is 0.134. The smallest absolute Gasteiger partial charge is 0.280 e. The normalized spacial score (nSPS) is 18.6. The molecule has 0 saturated carbocycles. The van der Waals surface area contributed by atoms with Crippen LogP contribution in [-0.4, -0.2) is 35.8 Å². The number of anilines is 1. The zero-order chi connectivity index (χ0) is 13.1. The van der Waals surface area contributed by atoms with E-state index in [4.69, 9.17) is 0 Å². The van der Waals surface area contributed by atoms with Gasteiger partial charge in [-0.15, -0.1) is 0 Å². The molecule has 96 valence electrons. The van der Waals surface area contributed by atoms with Crippen LogP contribution in [0.5, 0.6) is 0 Å². The van der Waals surface area contributed by atoms with Gasteiger partial charge in [-0.25, -0.2) is 0 Å². The highest BCUT2D eigenvalue weighted by molar-refractivity contribution is 7.99. The van der Waals surface area contributed by atoms with Crippen molar-refractivity contribution in [2.45, 2.75) is 12.5 Å². The van der Waals surface area contributed by atoms with Gasteiger partial charge >= 0.3 is 0 Å². The lowest BCUT2D eigenvalue weighted by molar-refractivity contribution is -0.385. The van der Waals surface area contributed by atoms with Crippen molar-refractivity contribution in [1.82, 2.24) is 0 Å². The lowest BCUT2D eigenvalue weighted by Crippen LogP contribution is -2.31. The summed E-state index contributed by atoms with van der Waals surface area (Å²) in [7, 11) is 1.96. The molecule has 0 spiro atoms. The van der Waals surface area contributed by atoms with Crippen molar-refractivity contribution in [3.63, 3.8) is 0 Å². The summed E-state index contributed by atoms with van der Waals surface area (Å²) in [6.07, 6.45) is 1.65. The monoisotopic (exact) mass is 266 g/mol. The fourth-order valence-corrected chi connectivity index (χ4v) is 3.33. The number of carbonyl (C=O) groups excluding carboxylic acids is 1. The standard InChI is InChI=1S/C12H14N2O3S/c1-13(11-4-5-18-8-11)10-2-3-12(14(16)17)9(6-10)7-15/h2-3,6-7,11H,4-5,8H2,1H3. The number of nitro benzene ring substituents is 1. The Kier molecular flexibility index (Phi) is 3.86. The number of nitrogens with zero attached hydrogens (tertiary/aromatic N) is 2. The summed E-state index contributed by atoms with van der Waals surface area (Å²) < 4.78 is 0. The molecule has 1 heterocycles. The lowest BCUT2D eigenvalue weighted by Gasteiger charge is -2.26. The van der Waals surface area contributed by atoms with E-state index in [1.165, 1.54) is 6.07 Å².